The predicted molar refractivity (Wildman–Crippen MR) is 83.6 cm³/mol. The molecule has 0 saturated carbocycles. The monoisotopic (exact) mass is 300 g/mol. The number of anilines is 2. The van der Waals surface area contributed by atoms with Gasteiger partial charge in [0.1, 0.15) is 0 Å². The smallest absolute Gasteiger partial charge is 0.328 e. The first kappa shape index (κ1) is 16.9. The highest BCUT2D eigenvalue weighted by atomic mass is 16.4. The number of benzene rings is 2. The van der Waals surface area contributed by atoms with Gasteiger partial charge in [0.05, 0.1) is 11.4 Å². The normalized spacial score (nSPS) is 9.68. The average molecular weight is 300 g/mol. The summed E-state index contributed by atoms with van der Waals surface area (Å²) in [6.07, 6.45) is 1.12. The van der Waals surface area contributed by atoms with Crippen LogP contribution in [0, 0.1) is 0 Å². The zero-order valence-electron chi connectivity index (χ0n) is 11.7. The zero-order chi connectivity index (χ0) is 16.4. The van der Waals surface area contributed by atoms with Crippen molar-refractivity contribution < 1.29 is 19.8 Å². The van der Waals surface area contributed by atoms with Crippen molar-refractivity contribution in [1.29, 1.82) is 0 Å². The van der Waals surface area contributed by atoms with E-state index in [1.807, 2.05) is 60.7 Å². The van der Waals surface area contributed by atoms with Crippen LogP contribution >= 0.6 is 0 Å². The van der Waals surface area contributed by atoms with E-state index in [0.717, 1.165) is 11.4 Å². The van der Waals surface area contributed by atoms with Crippen molar-refractivity contribution in [3.63, 3.8) is 0 Å². The van der Waals surface area contributed by atoms with Crippen LogP contribution in [0.2, 0.25) is 0 Å². The molecule has 2 aromatic rings. The van der Waals surface area contributed by atoms with Crippen LogP contribution in [-0.4, -0.2) is 22.2 Å². The lowest BCUT2D eigenvalue weighted by Gasteiger charge is -2.18. The van der Waals surface area contributed by atoms with Crippen molar-refractivity contribution >= 4 is 23.3 Å². The molecule has 0 aromatic heterocycles. The molecule has 0 fully saturated rings. The summed E-state index contributed by atoms with van der Waals surface area (Å²) in [7, 11) is 0. The Bertz CT molecular complexity index is 572. The van der Waals surface area contributed by atoms with Gasteiger partial charge in [-0.1, -0.05) is 36.4 Å². The summed E-state index contributed by atoms with van der Waals surface area (Å²) in [6, 6.07) is 19.7. The lowest BCUT2D eigenvalue weighted by atomic mass is 10.2. The molecule has 22 heavy (non-hydrogen) atoms. The number of hydrogen-bond donors (Lipinski definition) is 3. The van der Waals surface area contributed by atoms with E-state index < -0.39 is 11.9 Å². The molecular formula is C16H16N2O4. The summed E-state index contributed by atoms with van der Waals surface area (Å²) in [5.74, 6) is 3.44. The van der Waals surface area contributed by atoms with Crippen LogP contribution < -0.4 is 10.9 Å². The van der Waals surface area contributed by atoms with Crippen molar-refractivity contribution in [3.8, 4) is 0 Å². The molecule has 0 aliphatic carbocycles. The maximum absolute atomic E-state index is 9.55. The minimum absolute atomic E-state index is 0.558. The Balaban J connectivity index is 0.000000261. The fourth-order valence-corrected chi connectivity index (χ4v) is 1.47. The van der Waals surface area contributed by atoms with Gasteiger partial charge >= 0.3 is 11.9 Å². The van der Waals surface area contributed by atoms with E-state index in [4.69, 9.17) is 16.1 Å². The summed E-state index contributed by atoms with van der Waals surface area (Å²) in [4.78, 5) is 19.1. The van der Waals surface area contributed by atoms with Crippen LogP contribution in [0.3, 0.4) is 0 Å². The molecule has 114 valence electrons. The molecule has 4 N–H and O–H groups in total. The van der Waals surface area contributed by atoms with E-state index in [0.29, 0.717) is 12.2 Å². The van der Waals surface area contributed by atoms with Gasteiger partial charge in [0.25, 0.3) is 0 Å². The molecule has 2 aromatic carbocycles. The van der Waals surface area contributed by atoms with E-state index in [9.17, 15) is 9.59 Å². The first-order chi connectivity index (χ1) is 10.5. The molecule has 0 heterocycles. The Hall–Kier alpha value is -3.12. The van der Waals surface area contributed by atoms with Gasteiger partial charge in [0, 0.05) is 12.2 Å². The molecular weight excluding hydrogens is 284 g/mol. The molecule has 0 amide bonds. The summed E-state index contributed by atoms with van der Waals surface area (Å²) in [5.41, 5.74) is 1.97. The number of carboxylic acid groups (broad SMARTS) is 2. The molecule has 6 heteroatoms. The van der Waals surface area contributed by atoms with Crippen LogP contribution in [0.1, 0.15) is 0 Å². The van der Waals surface area contributed by atoms with E-state index in [1.165, 1.54) is 0 Å². The van der Waals surface area contributed by atoms with Gasteiger partial charge in [0.2, 0.25) is 0 Å². The molecule has 0 radical (unpaired) electrons. The molecule has 2 rings (SSSR count). The van der Waals surface area contributed by atoms with E-state index in [-0.39, 0.29) is 0 Å². The zero-order valence-corrected chi connectivity index (χ0v) is 11.7. The summed E-state index contributed by atoms with van der Waals surface area (Å²) in [5, 5.41) is 17.3. The number of para-hydroxylation sites is 2. The summed E-state index contributed by atoms with van der Waals surface area (Å²) < 4.78 is 0. The molecule has 0 unspecified atom stereocenters. The fourth-order valence-electron chi connectivity index (χ4n) is 1.47. The Morgan fingerprint density at radius 2 is 1.09 bits per heavy atom. The van der Waals surface area contributed by atoms with Crippen LogP contribution in [0.4, 0.5) is 11.4 Å². The van der Waals surface area contributed by atoms with Gasteiger partial charge in [-0.3, -0.25) is 5.01 Å². The highest BCUT2D eigenvalue weighted by Crippen LogP contribution is 2.20. The highest BCUT2D eigenvalue weighted by Gasteiger charge is 2.01. The quantitative estimate of drug-likeness (QED) is 0.455. The van der Waals surface area contributed by atoms with Gasteiger partial charge in [0.15, 0.2) is 0 Å². The number of carboxylic acids is 2. The second-order valence-electron chi connectivity index (χ2n) is 4.05. The topological polar surface area (TPSA) is 104 Å². The molecule has 6 nitrogen and oxygen atoms in total. The Kier molecular flexibility index (Phi) is 6.88. The van der Waals surface area contributed by atoms with E-state index in [2.05, 4.69) is 0 Å². The van der Waals surface area contributed by atoms with Crippen molar-refractivity contribution in [2.75, 3.05) is 5.01 Å². The summed E-state index contributed by atoms with van der Waals surface area (Å²) >= 11 is 0. The number of nitrogens with zero attached hydrogens (tertiary/aromatic N) is 1. The van der Waals surface area contributed by atoms with E-state index in [1.54, 1.807) is 5.01 Å². The maximum atomic E-state index is 9.55. The molecule has 0 saturated heterocycles. The van der Waals surface area contributed by atoms with Crippen molar-refractivity contribution in [3.05, 3.63) is 72.8 Å². The molecule has 0 aliphatic heterocycles. The Labute approximate surface area is 127 Å². The summed E-state index contributed by atoms with van der Waals surface area (Å²) in [6.45, 7) is 0. The number of nitrogens with two attached hydrogens (primary N) is 1. The maximum Gasteiger partial charge on any atom is 0.328 e. The average Bonchev–Trinajstić information content (AvgIpc) is 2.54. The second kappa shape index (κ2) is 8.93. The van der Waals surface area contributed by atoms with Crippen LogP contribution in [0.15, 0.2) is 72.8 Å². The lowest BCUT2D eigenvalue weighted by Crippen LogP contribution is -2.24. The van der Waals surface area contributed by atoms with E-state index >= 15 is 0 Å². The standard InChI is InChI=1S/C12H12N2.C4H4O4/c13-14(11-7-3-1-4-8-11)12-9-5-2-6-10-12;5-3(6)1-2-4(7)8/h1-10H,13H2;1-2H,(H,5,6)(H,7,8)/b;2-1+. The largest absolute Gasteiger partial charge is 0.478 e. The second-order valence-corrected chi connectivity index (χ2v) is 4.05. The third-order valence-electron chi connectivity index (χ3n) is 2.44. The number of carbonyl (C=O) groups is 2. The molecule has 0 spiro atoms. The van der Waals surface area contributed by atoms with Gasteiger partial charge in [-0.25, -0.2) is 15.4 Å². The highest BCUT2D eigenvalue weighted by molar-refractivity contribution is 5.89. The lowest BCUT2D eigenvalue weighted by molar-refractivity contribution is -0.134. The first-order valence-corrected chi connectivity index (χ1v) is 6.29. The van der Waals surface area contributed by atoms with Gasteiger partial charge in [-0.2, -0.15) is 0 Å². The number of aliphatic carboxylic acids is 2. The fraction of sp³-hybridized carbons (Fsp3) is 0. The number of rotatable bonds is 4. The van der Waals surface area contributed by atoms with Gasteiger partial charge < -0.3 is 10.2 Å². The van der Waals surface area contributed by atoms with Crippen molar-refractivity contribution in [2.45, 2.75) is 0 Å². The van der Waals surface area contributed by atoms with Crippen molar-refractivity contribution in [1.82, 2.24) is 0 Å². The van der Waals surface area contributed by atoms with Gasteiger partial charge in [-0.15, -0.1) is 0 Å². The minimum atomic E-state index is -1.26. The van der Waals surface area contributed by atoms with Crippen LogP contribution in [0.5, 0.6) is 0 Å². The minimum Gasteiger partial charge on any atom is -0.478 e. The molecule has 0 aliphatic rings. The van der Waals surface area contributed by atoms with Crippen molar-refractivity contribution in [2.24, 2.45) is 5.84 Å². The molecule has 0 bridgehead atoms. The third-order valence-corrected chi connectivity index (χ3v) is 2.44. The number of hydrogen-bond acceptors (Lipinski definition) is 4. The Morgan fingerprint density at radius 1 is 0.773 bits per heavy atom. The SMILES string of the molecule is NN(c1ccccc1)c1ccccc1.O=C(O)/C=C/C(=O)O. The van der Waals surface area contributed by atoms with Gasteiger partial charge in [-0.05, 0) is 24.3 Å². The number of hydrazine groups is 1. The third kappa shape index (κ3) is 6.36. The molecule has 0 atom stereocenters. The Morgan fingerprint density at radius 3 is 1.36 bits per heavy atom. The van der Waals surface area contributed by atoms with Crippen LogP contribution in [-0.2, 0) is 9.59 Å². The van der Waals surface area contributed by atoms with Crippen LogP contribution in [0.25, 0.3) is 0 Å². The first-order valence-electron chi connectivity index (χ1n) is 6.29. The predicted octanol–water partition coefficient (Wildman–Crippen LogP) is 2.41.